The van der Waals surface area contributed by atoms with Gasteiger partial charge in [-0.05, 0) is 63.6 Å². The lowest BCUT2D eigenvalue weighted by atomic mass is 9.85. The second-order valence-electron chi connectivity index (χ2n) is 10.5. The number of alkyl carbamates (subject to hydrolysis) is 1. The Labute approximate surface area is 208 Å². The highest BCUT2D eigenvalue weighted by molar-refractivity contribution is 5.82. The highest BCUT2D eigenvalue weighted by Gasteiger charge is 2.35. The molecule has 0 spiro atoms. The summed E-state index contributed by atoms with van der Waals surface area (Å²) < 4.78 is 50.7. The number of esters is 1. The normalized spacial score (nSPS) is 18.8. The van der Waals surface area contributed by atoms with Gasteiger partial charge in [-0.2, -0.15) is 23.4 Å². The van der Waals surface area contributed by atoms with Crippen molar-refractivity contribution in [3.05, 3.63) is 47.2 Å². The van der Waals surface area contributed by atoms with Crippen molar-refractivity contribution in [1.29, 1.82) is 0 Å². The van der Waals surface area contributed by atoms with Crippen LogP contribution in [0.2, 0.25) is 0 Å². The van der Waals surface area contributed by atoms with E-state index in [0.29, 0.717) is 24.1 Å². The van der Waals surface area contributed by atoms with Crippen LogP contribution in [-0.2, 0) is 26.9 Å². The summed E-state index contributed by atoms with van der Waals surface area (Å²) in [6.45, 7) is 10.7. The summed E-state index contributed by atoms with van der Waals surface area (Å²) in [5.74, 6) is -0.764. The molecule has 0 unspecified atom stereocenters. The van der Waals surface area contributed by atoms with Crippen molar-refractivity contribution in [3.63, 3.8) is 0 Å². The number of carbonyl (C=O) groups excluding carboxylic acids is 2. The third-order valence-electron chi connectivity index (χ3n) is 5.75. The Balaban J connectivity index is 1.87. The fourth-order valence-corrected chi connectivity index (χ4v) is 4.03. The molecule has 0 bridgehead atoms. The average Bonchev–Trinajstić information content (AvgIpc) is 2.75. The standard InChI is InChI=1S/C26H32F3N3O4/c1-14(2)22(30-24(34)36-25(4,5)6)23(33)35-21-11-15(3)10-20-18(21)13-19(31-32-20)16-8-7-9-17(12-16)26(27,28)29/h7-9,12-15,21-22H,10-11H2,1-6H3,(H,30,34)/t15-,21+,22-/m0/s1. The van der Waals surface area contributed by atoms with Gasteiger partial charge in [-0.25, -0.2) is 9.59 Å². The summed E-state index contributed by atoms with van der Waals surface area (Å²) in [7, 11) is 0. The summed E-state index contributed by atoms with van der Waals surface area (Å²) in [6, 6.07) is 5.53. The number of halogens is 3. The number of ether oxygens (including phenoxy) is 2. The van der Waals surface area contributed by atoms with Crippen molar-refractivity contribution < 1.29 is 32.2 Å². The van der Waals surface area contributed by atoms with Crippen LogP contribution in [-0.4, -0.2) is 33.9 Å². The van der Waals surface area contributed by atoms with E-state index in [1.807, 2.05) is 6.92 Å². The number of amides is 1. The van der Waals surface area contributed by atoms with Gasteiger partial charge >= 0.3 is 18.2 Å². The molecule has 3 atom stereocenters. The number of fused-ring (bicyclic) bond motifs is 1. The number of rotatable bonds is 5. The van der Waals surface area contributed by atoms with Crippen molar-refractivity contribution in [2.45, 2.75) is 78.3 Å². The molecule has 3 rings (SSSR count). The summed E-state index contributed by atoms with van der Waals surface area (Å²) in [6.07, 6.45) is -4.79. The van der Waals surface area contributed by atoms with E-state index in [0.717, 1.165) is 12.1 Å². The number of hydrogen-bond acceptors (Lipinski definition) is 6. The Morgan fingerprint density at radius 1 is 1.11 bits per heavy atom. The molecule has 1 aliphatic carbocycles. The van der Waals surface area contributed by atoms with Crippen LogP contribution in [0.25, 0.3) is 11.3 Å². The molecule has 7 nitrogen and oxygen atoms in total. The van der Waals surface area contributed by atoms with E-state index >= 15 is 0 Å². The summed E-state index contributed by atoms with van der Waals surface area (Å²) in [5.41, 5.74) is 0.223. The molecule has 0 saturated carbocycles. The van der Waals surface area contributed by atoms with Crippen LogP contribution >= 0.6 is 0 Å². The lowest BCUT2D eigenvalue weighted by molar-refractivity contribution is -0.154. The van der Waals surface area contributed by atoms with E-state index in [1.54, 1.807) is 40.7 Å². The monoisotopic (exact) mass is 507 g/mol. The second-order valence-corrected chi connectivity index (χ2v) is 10.5. The minimum Gasteiger partial charge on any atom is -0.456 e. The largest absolute Gasteiger partial charge is 0.456 e. The highest BCUT2D eigenvalue weighted by Crippen LogP contribution is 2.37. The molecule has 1 amide bonds. The molecule has 0 radical (unpaired) electrons. The van der Waals surface area contributed by atoms with Crippen molar-refractivity contribution in [3.8, 4) is 11.3 Å². The highest BCUT2D eigenvalue weighted by atomic mass is 19.4. The van der Waals surface area contributed by atoms with Crippen LogP contribution in [0.1, 0.15) is 70.9 Å². The SMILES string of the molecule is CC(C)[C@H](NC(=O)OC(C)(C)C)C(=O)O[C@@H]1C[C@@H](C)Cc2nnc(-c3cccc(C(F)(F)F)c3)cc21. The number of benzene rings is 1. The Morgan fingerprint density at radius 3 is 2.42 bits per heavy atom. The van der Waals surface area contributed by atoms with E-state index < -0.39 is 41.5 Å². The molecule has 1 aliphatic rings. The Morgan fingerprint density at radius 2 is 1.81 bits per heavy atom. The van der Waals surface area contributed by atoms with Gasteiger partial charge in [0.1, 0.15) is 17.7 Å². The Hall–Kier alpha value is -3.17. The third kappa shape index (κ3) is 6.95. The van der Waals surface area contributed by atoms with Crippen molar-refractivity contribution in [1.82, 2.24) is 15.5 Å². The molecule has 196 valence electrons. The summed E-state index contributed by atoms with van der Waals surface area (Å²) in [5, 5.41) is 11.0. The molecule has 1 N–H and O–H groups in total. The van der Waals surface area contributed by atoms with Crippen molar-refractivity contribution >= 4 is 12.1 Å². The first-order chi connectivity index (χ1) is 16.6. The Bertz CT molecular complexity index is 1110. The van der Waals surface area contributed by atoms with Gasteiger partial charge in [-0.1, -0.05) is 32.9 Å². The molecule has 1 aromatic heterocycles. The molecule has 10 heteroatoms. The predicted molar refractivity (Wildman–Crippen MR) is 127 cm³/mol. The van der Waals surface area contributed by atoms with E-state index in [2.05, 4.69) is 15.5 Å². The van der Waals surface area contributed by atoms with Gasteiger partial charge in [0.25, 0.3) is 0 Å². The first-order valence-corrected chi connectivity index (χ1v) is 11.9. The minimum absolute atomic E-state index is 0.139. The molecule has 2 aromatic rings. The topological polar surface area (TPSA) is 90.4 Å². The van der Waals surface area contributed by atoms with Gasteiger partial charge in [0.15, 0.2) is 0 Å². The van der Waals surface area contributed by atoms with Crippen molar-refractivity contribution in [2.75, 3.05) is 0 Å². The number of carbonyl (C=O) groups is 2. The van der Waals surface area contributed by atoms with Crippen LogP contribution < -0.4 is 5.32 Å². The van der Waals surface area contributed by atoms with Crippen LogP contribution in [0.3, 0.4) is 0 Å². The molecular formula is C26H32F3N3O4. The zero-order valence-electron chi connectivity index (χ0n) is 21.3. The number of aromatic nitrogens is 2. The molecule has 0 saturated heterocycles. The minimum atomic E-state index is -4.49. The van der Waals surface area contributed by atoms with Gasteiger partial charge in [0.05, 0.1) is 17.0 Å². The molecule has 1 heterocycles. The smallest absolute Gasteiger partial charge is 0.416 e. The van der Waals surface area contributed by atoms with Gasteiger partial charge in [-0.15, -0.1) is 0 Å². The van der Waals surface area contributed by atoms with Gasteiger partial charge in [0, 0.05) is 11.1 Å². The average molecular weight is 508 g/mol. The second kappa shape index (κ2) is 10.4. The molecule has 36 heavy (non-hydrogen) atoms. The maximum absolute atomic E-state index is 13.2. The number of nitrogens with one attached hydrogen (secondary N) is 1. The van der Waals surface area contributed by atoms with Crippen molar-refractivity contribution in [2.24, 2.45) is 11.8 Å². The van der Waals surface area contributed by atoms with Crippen LogP contribution in [0.15, 0.2) is 30.3 Å². The maximum atomic E-state index is 13.2. The molecule has 1 aromatic carbocycles. The first kappa shape index (κ1) is 27.4. The van der Waals surface area contributed by atoms with Gasteiger partial charge in [0.2, 0.25) is 0 Å². The molecular weight excluding hydrogens is 475 g/mol. The molecule has 0 fully saturated rings. The van der Waals surface area contributed by atoms with E-state index in [-0.39, 0.29) is 23.1 Å². The lowest BCUT2D eigenvalue weighted by Gasteiger charge is -2.31. The summed E-state index contributed by atoms with van der Waals surface area (Å²) in [4.78, 5) is 25.4. The number of nitrogens with zero attached hydrogens (tertiary/aromatic N) is 2. The number of alkyl halides is 3. The number of hydrogen-bond donors (Lipinski definition) is 1. The summed E-state index contributed by atoms with van der Waals surface area (Å²) >= 11 is 0. The van der Waals surface area contributed by atoms with E-state index in [4.69, 9.17) is 9.47 Å². The van der Waals surface area contributed by atoms with Gasteiger partial charge in [-0.3, -0.25) is 0 Å². The zero-order chi connectivity index (χ0) is 26.8. The zero-order valence-corrected chi connectivity index (χ0v) is 21.3. The van der Waals surface area contributed by atoms with E-state index in [1.165, 1.54) is 12.1 Å². The van der Waals surface area contributed by atoms with Crippen LogP contribution in [0.5, 0.6) is 0 Å². The molecule has 0 aliphatic heterocycles. The van der Waals surface area contributed by atoms with E-state index in [9.17, 15) is 22.8 Å². The quantitative estimate of drug-likeness (QED) is 0.509. The fraction of sp³-hybridized carbons (Fsp3) is 0.538. The predicted octanol–water partition coefficient (Wildman–Crippen LogP) is 5.88. The van der Waals surface area contributed by atoms with Crippen LogP contribution in [0, 0.1) is 11.8 Å². The van der Waals surface area contributed by atoms with Crippen LogP contribution in [0.4, 0.5) is 18.0 Å². The fourth-order valence-electron chi connectivity index (χ4n) is 4.03. The van der Waals surface area contributed by atoms with Gasteiger partial charge < -0.3 is 14.8 Å². The lowest BCUT2D eigenvalue weighted by Crippen LogP contribution is -2.47. The maximum Gasteiger partial charge on any atom is 0.416 e. The third-order valence-corrected chi connectivity index (χ3v) is 5.75. The first-order valence-electron chi connectivity index (χ1n) is 11.9. The Kier molecular flexibility index (Phi) is 7.95.